The Morgan fingerprint density at radius 2 is 1.68 bits per heavy atom. The predicted molar refractivity (Wildman–Crippen MR) is 88.6 cm³/mol. The van der Waals surface area contributed by atoms with E-state index in [1.807, 2.05) is 0 Å². The highest BCUT2D eigenvalue weighted by Gasteiger charge is 2.11. The van der Waals surface area contributed by atoms with Gasteiger partial charge in [0, 0.05) is 0 Å². The number of nitrogens with zero attached hydrogens (tertiary/aromatic N) is 3. The number of aromatic nitrogens is 3. The number of hydrogen-bond acceptors (Lipinski definition) is 4. The van der Waals surface area contributed by atoms with Crippen molar-refractivity contribution in [1.82, 2.24) is 14.8 Å². The van der Waals surface area contributed by atoms with Gasteiger partial charge in [-0.15, -0.1) is 11.5 Å². The predicted octanol–water partition coefficient (Wildman–Crippen LogP) is 2.73. The minimum Gasteiger partial charge on any atom is -0.368 e. The molecule has 108 valence electrons. The van der Waals surface area contributed by atoms with Crippen LogP contribution in [0, 0.1) is 12.3 Å². The molecule has 1 aromatic carbocycles. The van der Waals surface area contributed by atoms with E-state index in [4.69, 9.17) is 29.5 Å². The Bertz CT molecular complexity index is 854. The molecule has 0 spiro atoms. The van der Waals surface area contributed by atoms with E-state index < -0.39 is 0 Å². The van der Waals surface area contributed by atoms with E-state index in [0.29, 0.717) is 16.3 Å². The summed E-state index contributed by atoms with van der Waals surface area (Å²) in [5, 5.41) is 4.39. The molecule has 0 saturated carbocycles. The lowest BCUT2D eigenvalue weighted by molar-refractivity contribution is 0.893. The van der Waals surface area contributed by atoms with Crippen molar-refractivity contribution in [3.05, 3.63) is 53.1 Å². The molecule has 6 heteroatoms. The van der Waals surface area contributed by atoms with Gasteiger partial charge in [0.2, 0.25) is 11.9 Å². The van der Waals surface area contributed by atoms with Gasteiger partial charge in [0.15, 0.2) is 0 Å². The summed E-state index contributed by atoms with van der Waals surface area (Å²) in [6.07, 6.45) is 5.38. The highest BCUT2D eigenvalue weighted by Crippen LogP contribution is 2.29. The van der Waals surface area contributed by atoms with Gasteiger partial charge < -0.3 is 11.5 Å². The Hall–Kier alpha value is -2.97. The number of nitrogen functional groups attached to an aromatic ring is 2. The molecule has 2 aromatic rings. The molecule has 5 nitrogen and oxygen atoms in total. The molecule has 1 heterocycles. The molecule has 22 heavy (non-hydrogen) atoms. The fourth-order valence-corrected chi connectivity index (χ4v) is 2.24. The van der Waals surface area contributed by atoms with Gasteiger partial charge in [0.05, 0.1) is 16.3 Å². The number of anilines is 2. The van der Waals surface area contributed by atoms with Crippen LogP contribution in [0.5, 0.6) is 0 Å². The maximum absolute atomic E-state index is 5.96. The molecular formula is C16H12ClN5. The lowest BCUT2D eigenvalue weighted by Crippen LogP contribution is -2.04. The summed E-state index contributed by atoms with van der Waals surface area (Å²) in [5.41, 5.74) is 15.0. The molecule has 1 aromatic heterocycles. The molecule has 0 saturated heterocycles. The van der Waals surface area contributed by atoms with Crippen LogP contribution in [0.1, 0.15) is 5.56 Å². The molecule has 0 radical (unpaired) electrons. The molecule has 0 bridgehead atoms. The average Bonchev–Trinajstić information content (AvgIpc) is 2.82. The molecule has 0 amide bonds. The summed E-state index contributed by atoms with van der Waals surface area (Å²) in [6, 6.07) is 13.7. The third-order valence-corrected chi connectivity index (χ3v) is 3.55. The van der Waals surface area contributed by atoms with Crippen molar-refractivity contribution >= 4 is 23.5 Å². The first-order valence-corrected chi connectivity index (χ1v) is 6.82. The lowest BCUT2D eigenvalue weighted by atomic mass is 9.95. The smallest absolute Gasteiger partial charge is 0.241 e. The zero-order valence-corrected chi connectivity index (χ0v) is 12.2. The number of terminal acetylenes is 1. The SMILES string of the molecule is C#Cc1c(Cl)cccc1-n1nc(N)nc1N.c1cc2ccc1-2. The third-order valence-electron chi connectivity index (χ3n) is 3.23. The lowest BCUT2D eigenvalue weighted by Gasteiger charge is -2.10. The molecule has 0 atom stereocenters. The summed E-state index contributed by atoms with van der Waals surface area (Å²) in [6.45, 7) is 0. The van der Waals surface area contributed by atoms with Crippen molar-refractivity contribution < 1.29 is 0 Å². The van der Waals surface area contributed by atoms with Crippen LogP contribution < -0.4 is 11.5 Å². The largest absolute Gasteiger partial charge is 0.368 e. The molecule has 4 N–H and O–H groups in total. The normalized spacial score (nSPS) is 10.4. The van der Waals surface area contributed by atoms with E-state index in [9.17, 15) is 0 Å². The molecule has 0 fully saturated rings. The average molecular weight is 310 g/mol. The van der Waals surface area contributed by atoms with Crippen molar-refractivity contribution in [2.24, 2.45) is 0 Å². The summed E-state index contributed by atoms with van der Waals surface area (Å²) in [4.78, 5) is 3.79. The summed E-state index contributed by atoms with van der Waals surface area (Å²) >= 11 is 5.96. The van der Waals surface area contributed by atoms with Crippen LogP contribution in [-0.4, -0.2) is 14.8 Å². The number of rotatable bonds is 1. The van der Waals surface area contributed by atoms with Gasteiger partial charge in [-0.2, -0.15) is 9.67 Å². The Morgan fingerprint density at radius 3 is 2.09 bits per heavy atom. The number of hydrogen-bond donors (Lipinski definition) is 2. The minimum absolute atomic E-state index is 0.0837. The van der Waals surface area contributed by atoms with Crippen LogP contribution in [0.3, 0.4) is 0 Å². The van der Waals surface area contributed by atoms with Crippen LogP contribution in [-0.2, 0) is 0 Å². The second-order valence-corrected chi connectivity index (χ2v) is 5.00. The fraction of sp³-hybridized carbons (Fsp3) is 0. The second-order valence-electron chi connectivity index (χ2n) is 4.60. The van der Waals surface area contributed by atoms with Gasteiger partial charge in [-0.25, -0.2) is 0 Å². The van der Waals surface area contributed by atoms with Crippen LogP contribution >= 0.6 is 11.6 Å². The van der Waals surface area contributed by atoms with Gasteiger partial charge in [-0.05, 0) is 23.3 Å². The highest BCUT2D eigenvalue weighted by atomic mass is 35.5. The van der Waals surface area contributed by atoms with Crippen molar-refractivity contribution in [2.75, 3.05) is 11.5 Å². The van der Waals surface area contributed by atoms with E-state index in [0.717, 1.165) is 0 Å². The highest BCUT2D eigenvalue weighted by molar-refractivity contribution is 6.32. The Kier molecular flexibility index (Phi) is 3.45. The molecule has 2 aliphatic carbocycles. The van der Waals surface area contributed by atoms with E-state index in [1.165, 1.54) is 15.8 Å². The molecule has 4 rings (SSSR count). The van der Waals surface area contributed by atoms with Gasteiger partial charge in [0.1, 0.15) is 0 Å². The monoisotopic (exact) mass is 309 g/mol. The number of fused-ring (bicyclic) bond motifs is 1. The molecule has 0 unspecified atom stereocenters. The third kappa shape index (κ3) is 2.36. The van der Waals surface area contributed by atoms with E-state index in [2.05, 4.69) is 40.3 Å². The summed E-state index contributed by atoms with van der Waals surface area (Å²) in [7, 11) is 0. The quantitative estimate of drug-likeness (QED) is 0.530. The van der Waals surface area contributed by atoms with E-state index >= 15 is 0 Å². The molecular weight excluding hydrogens is 298 g/mol. The van der Waals surface area contributed by atoms with Crippen LogP contribution in [0.2, 0.25) is 5.02 Å². The zero-order valence-electron chi connectivity index (χ0n) is 11.5. The van der Waals surface area contributed by atoms with E-state index in [-0.39, 0.29) is 11.9 Å². The standard InChI is InChI=1S/C10H8ClN5.C6H4/c1-2-6-7(11)4-3-5-8(6)16-10(13)14-9(12)15-16;1-2-6-4-3-5(1)6/h1,3-5H,(H4,12,13,14,15);1-4H. The van der Waals surface area contributed by atoms with Gasteiger partial charge >= 0.3 is 0 Å². The number of nitrogens with two attached hydrogens (primary N) is 2. The van der Waals surface area contributed by atoms with Crippen LogP contribution in [0.25, 0.3) is 16.8 Å². The van der Waals surface area contributed by atoms with Crippen LogP contribution in [0.4, 0.5) is 11.9 Å². The first kappa shape index (κ1) is 14.0. The van der Waals surface area contributed by atoms with Gasteiger partial charge in [0.25, 0.3) is 0 Å². The second kappa shape index (κ2) is 5.43. The van der Waals surface area contributed by atoms with E-state index in [1.54, 1.807) is 18.2 Å². The van der Waals surface area contributed by atoms with Crippen molar-refractivity contribution in [1.29, 1.82) is 0 Å². The maximum atomic E-state index is 5.96. The Morgan fingerprint density at radius 1 is 1.05 bits per heavy atom. The fourth-order valence-electron chi connectivity index (χ4n) is 2.01. The van der Waals surface area contributed by atoms with Crippen molar-refractivity contribution in [3.8, 4) is 29.2 Å². The number of benzene rings is 2. The van der Waals surface area contributed by atoms with Crippen molar-refractivity contribution in [3.63, 3.8) is 0 Å². The number of halogens is 1. The summed E-state index contributed by atoms with van der Waals surface area (Å²) in [5.74, 6) is 2.73. The van der Waals surface area contributed by atoms with Crippen molar-refractivity contribution in [2.45, 2.75) is 0 Å². The summed E-state index contributed by atoms with van der Waals surface area (Å²) < 4.78 is 1.36. The molecule has 0 aliphatic heterocycles. The first-order chi connectivity index (χ1) is 10.6. The Balaban J connectivity index is 0.000000196. The topological polar surface area (TPSA) is 82.8 Å². The molecule has 2 aliphatic rings. The maximum Gasteiger partial charge on any atom is 0.241 e. The first-order valence-electron chi connectivity index (χ1n) is 6.44. The minimum atomic E-state index is 0.0837. The van der Waals surface area contributed by atoms with Gasteiger partial charge in [-0.1, -0.05) is 47.9 Å². The Labute approximate surface area is 132 Å². The zero-order chi connectivity index (χ0) is 15.7. The van der Waals surface area contributed by atoms with Gasteiger partial charge in [-0.3, -0.25) is 0 Å². The van der Waals surface area contributed by atoms with Crippen LogP contribution in [0.15, 0.2) is 42.5 Å².